The zero-order chi connectivity index (χ0) is 15.1. The molecule has 2 amide bonds. The van der Waals surface area contributed by atoms with E-state index in [1.165, 1.54) is 4.90 Å². The number of methoxy groups -OCH3 is 1. The zero-order valence-corrected chi connectivity index (χ0v) is 11.4. The SMILES string of the molecule is COC(=O)C[C@H](NC(=O)N(CCO)C1CCC1)C(=O)O. The molecule has 0 unspecified atom stereocenters. The number of hydrogen-bond acceptors (Lipinski definition) is 5. The molecular formula is C12H20N2O6. The fourth-order valence-electron chi connectivity index (χ4n) is 1.94. The summed E-state index contributed by atoms with van der Waals surface area (Å²) in [6.45, 7) is -0.0558. The molecule has 0 saturated heterocycles. The second kappa shape index (κ2) is 7.68. The Morgan fingerprint density at radius 3 is 2.45 bits per heavy atom. The normalized spacial score (nSPS) is 15.9. The van der Waals surface area contributed by atoms with Crippen LogP contribution in [-0.2, 0) is 14.3 Å². The number of carboxylic acid groups (broad SMARTS) is 1. The average molecular weight is 288 g/mol. The Morgan fingerprint density at radius 2 is 2.05 bits per heavy atom. The molecule has 20 heavy (non-hydrogen) atoms. The predicted octanol–water partition coefficient (Wildman–Crippen LogP) is -0.441. The average Bonchev–Trinajstić information content (AvgIpc) is 2.34. The molecule has 0 aliphatic heterocycles. The molecule has 8 heteroatoms. The third-order valence-electron chi connectivity index (χ3n) is 3.31. The molecule has 0 aromatic heterocycles. The van der Waals surface area contributed by atoms with E-state index in [4.69, 9.17) is 10.2 Å². The van der Waals surface area contributed by atoms with Crippen LogP contribution in [0.2, 0.25) is 0 Å². The molecular weight excluding hydrogens is 268 g/mol. The fourth-order valence-corrected chi connectivity index (χ4v) is 1.94. The lowest BCUT2D eigenvalue weighted by molar-refractivity contribution is -0.147. The lowest BCUT2D eigenvalue weighted by Gasteiger charge is -2.37. The van der Waals surface area contributed by atoms with E-state index in [2.05, 4.69) is 10.1 Å². The van der Waals surface area contributed by atoms with E-state index in [-0.39, 0.29) is 19.2 Å². The monoisotopic (exact) mass is 288 g/mol. The molecule has 0 aromatic carbocycles. The van der Waals surface area contributed by atoms with Crippen molar-refractivity contribution in [1.29, 1.82) is 0 Å². The van der Waals surface area contributed by atoms with Crippen LogP contribution in [0.5, 0.6) is 0 Å². The first-order chi connectivity index (χ1) is 9.49. The highest BCUT2D eigenvalue weighted by Gasteiger charge is 2.31. The van der Waals surface area contributed by atoms with E-state index < -0.39 is 30.4 Å². The Balaban J connectivity index is 2.62. The Bertz CT molecular complexity index is 369. The predicted molar refractivity (Wildman–Crippen MR) is 68.0 cm³/mol. The lowest BCUT2D eigenvalue weighted by atomic mass is 9.91. The van der Waals surface area contributed by atoms with Gasteiger partial charge >= 0.3 is 18.0 Å². The number of carbonyl (C=O) groups excluding carboxylic acids is 2. The summed E-state index contributed by atoms with van der Waals surface area (Å²) in [5, 5.41) is 20.3. The van der Waals surface area contributed by atoms with Crippen LogP contribution in [-0.4, -0.2) is 65.4 Å². The molecule has 3 N–H and O–H groups in total. The highest BCUT2D eigenvalue weighted by atomic mass is 16.5. The quantitative estimate of drug-likeness (QED) is 0.547. The van der Waals surface area contributed by atoms with E-state index in [9.17, 15) is 14.4 Å². The largest absolute Gasteiger partial charge is 0.480 e. The van der Waals surface area contributed by atoms with Crippen molar-refractivity contribution in [3.63, 3.8) is 0 Å². The molecule has 0 bridgehead atoms. The topological polar surface area (TPSA) is 116 Å². The molecule has 1 fully saturated rings. The zero-order valence-electron chi connectivity index (χ0n) is 11.4. The van der Waals surface area contributed by atoms with Gasteiger partial charge < -0.3 is 25.2 Å². The first-order valence-corrected chi connectivity index (χ1v) is 6.47. The molecule has 0 heterocycles. The number of ether oxygens (including phenoxy) is 1. The minimum atomic E-state index is -1.34. The number of hydrogen-bond donors (Lipinski definition) is 3. The summed E-state index contributed by atoms with van der Waals surface area (Å²) < 4.78 is 4.39. The van der Waals surface area contributed by atoms with Crippen molar-refractivity contribution in [1.82, 2.24) is 10.2 Å². The molecule has 0 aromatic rings. The van der Waals surface area contributed by atoms with Crippen LogP contribution in [0.4, 0.5) is 4.79 Å². The summed E-state index contributed by atoms with van der Waals surface area (Å²) in [7, 11) is 1.15. The maximum Gasteiger partial charge on any atom is 0.326 e. The highest BCUT2D eigenvalue weighted by Crippen LogP contribution is 2.24. The standard InChI is InChI=1S/C12H20N2O6/c1-20-10(16)7-9(11(17)18)13-12(19)14(5-6-15)8-3-2-4-8/h8-9,15H,2-7H2,1H3,(H,13,19)(H,17,18)/t9-/m0/s1. The Labute approximate surface area is 116 Å². The van der Waals surface area contributed by atoms with Gasteiger partial charge in [0, 0.05) is 12.6 Å². The van der Waals surface area contributed by atoms with E-state index >= 15 is 0 Å². The van der Waals surface area contributed by atoms with Crippen LogP contribution in [0.15, 0.2) is 0 Å². The van der Waals surface area contributed by atoms with Gasteiger partial charge in [-0.2, -0.15) is 0 Å². The van der Waals surface area contributed by atoms with Crippen LogP contribution in [0.3, 0.4) is 0 Å². The van der Waals surface area contributed by atoms with Crippen LogP contribution in [0.25, 0.3) is 0 Å². The minimum absolute atomic E-state index is 0.0229. The Morgan fingerprint density at radius 1 is 1.40 bits per heavy atom. The second-order valence-corrected chi connectivity index (χ2v) is 4.62. The van der Waals surface area contributed by atoms with Gasteiger partial charge in [-0.15, -0.1) is 0 Å². The number of esters is 1. The van der Waals surface area contributed by atoms with Gasteiger partial charge in [-0.1, -0.05) is 0 Å². The molecule has 1 atom stereocenters. The number of carbonyl (C=O) groups is 3. The number of nitrogens with zero attached hydrogens (tertiary/aromatic N) is 1. The number of rotatable bonds is 7. The van der Waals surface area contributed by atoms with Crippen LogP contribution < -0.4 is 5.32 Å². The summed E-state index contributed by atoms with van der Waals surface area (Å²) in [4.78, 5) is 35.6. The molecule has 1 saturated carbocycles. The van der Waals surface area contributed by atoms with Crippen molar-refractivity contribution in [2.24, 2.45) is 0 Å². The molecule has 1 aliphatic carbocycles. The number of urea groups is 1. The van der Waals surface area contributed by atoms with Crippen molar-refractivity contribution < 1.29 is 29.3 Å². The highest BCUT2D eigenvalue weighted by molar-refractivity contribution is 5.86. The molecule has 0 spiro atoms. The summed E-state index contributed by atoms with van der Waals surface area (Å²) in [5.41, 5.74) is 0. The first kappa shape index (κ1) is 16.2. The smallest absolute Gasteiger partial charge is 0.326 e. The van der Waals surface area contributed by atoms with E-state index in [0.717, 1.165) is 26.4 Å². The Hall–Kier alpha value is -1.83. The molecule has 8 nitrogen and oxygen atoms in total. The van der Waals surface area contributed by atoms with Crippen molar-refractivity contribution in [2.45, 2.75) is 37.8 Å². The lowest BCUT2D eigenvalue weighted by Crippen LogP contribution is -2.54. The molecule has 0 radical (unpaired) electrons. The summed E-state index contributed by atoms with van der Waals surface area (Å²) in [6, 6.07) is -1.90. The minimum Gasteiger partial charge on any atom is -0.480 e. The third-order valence-corrected chi connectivity index (χ3v) is 3.31. The summed E-state index contributed by atoms with van der Waals surface area (Å²) in [6.07, 6.45) is 2.24. The van der Waals surface area contributed by atoms with Crippen molar-refractivity contribution in [3.05, 3.63) is 0 Å². The van der Waals surface area contributed by atoms with Gasteiger partial charge in [0.15, 0.2) is 0 Å². The van der Waals surface area contributed by atoms with Crippen LogP contribution >= 0.6 is 0 Å². The third kappa shape index (κ3) is 4.37. The van der Waals surface area contributed by atoms with Gasteiger partial charge in [0.2, 0.25) is 0 Å². The van der Waals surface area contributed by atoms with Crippen molar-refractivity contribution >= 4 is 18.0 Å². The van der Waals surface area contributed by atoms with Crippen LogP contribution in [0, 0.1) is 0 Å². The molecule has 1 aliphatic rings. The number of aliphatic carboxylic acids is 1. The summed E-state index contributed by atoms with van der Waals surface area (Å²) in [5.74, 6) is -2.02. The number of amides is 2. The van der Waals surface area contributed by atoms with Crippen molar-refractivity contribution in [2.75, 3.05) is 20.3 Å². The van der Waals surface area contributed by atoms with Gasteiger partial charge in [0.25, 0.3) is 0 Å². The molecule has 1 rings (SSSR count). The van der Waals surface area contributed by atoms with Gasteiger partial charge in [-0.3, -0.25) is 4.79 Å². The first-order valence-electron chi connectivity index (χ1n) is 6.47. The van der Waals surface area contributed by atoms with E-state index in [0.29, 0.717) is 0 Å². The van der Waals surface area contributed by atoms with Gasteiger partial charge in [0.1, 0.15) is 6.04 Å². The van der Waals surface area contributed by atoms with Gasteiger partial charge in [-0.25, -0.2) is 9.59 Å². The molecule has 114 valence electrons. The van der Waals surface area contributed by atoms with Gasteiger partial charge in [-0.05, 0) is 19.3 Å². The van der Waals surface area contributed by atoms with Crippen molar-refractivity contribution in [3.8, 4) is 0 Å². The number of aliphatic hydroxyl groups is 1. The number of nitrogens with one attached hydrogen (secondary N) is 1. The Kier molecular flexibility index (Phi) is 6.23. The summed E-state index contributed by atoms with van der Waals surface area (Å²) >= 11 is 0. The fraction of sp³-hybridized carbons (Fsp3) is 0.750. The van der Waals surface area contributed by atoms with E-state index in [1.54, 1.807) is 0 Å². The van der Waals surface area contributed by atoms with Crippen LogP contribution in [0.1, 0.15) is 25.7 Å². The van der Waals surface area contributed by atoms with Gasteiger partial charge in [0.05, 0.1) is 20.1 Å². The second-order valence-electron chi connectivity index (χ2n) is 4.62. The number of aliphatic hydroxyl groups excluding tert-OH is 1. The van der Waals surface area contributed by atoms with E-state index in [1.807, 2.05) is 0 Å². The maximum atomic E-state index is 12.0. The number of carboxylic acids is 1. The maximum absolute atomic E-state index is 12.0.